The molecular formula is C15H20BrClN2O3. The molecule has 1 fully saturated rings. The third-order valence-corrected chi connectivity index (χ3v) is 4.11. The monoisotopic (exact) mass is 390 g/mol. The Morgan fingerprint density at radius 3 is 2.86 bits per heavy atom. The van der Waals surface area contributed by atoms with Crippen LogP contribution in [0.25, 0.3) is 0 Å². The van der Waals surface area contributed by atoms with Crippen LogP contribution in [0.1, 0.15) is 19.8 Å². The molecule has 1 aliphatic heterocycles. The van der Waals surface area contributed by atoms with Crippen molar-refractivity contribution in [1.82, 2.24) is 5.32 Å². The van der Waals surface area contributed by atoms with Crippen LogP contribution in [-0.4, -0.2) is 38.3 Å². The fraction of sp³-hybridized carbons (Fsp3) is 0.533. The lowest BCUT2D eigenvalue weighted by atomic mass is 10.1. The Balaban J connectivity index is 1.95. The number of carbonyl (C=O) groups excluding carboxylic acids is 1. The van der Waals surface area contributed by atoms with Gasteiger partial charge in [0, 0.05) is 5.02 Å². The van der Waals surface area contributed by atoms with E-state index < -0.39 is 0 Å². The molecule has 0 spiro atoms. The van der Waals surface area contributed by atoms with E-state index in [4.69, 9.17) is 21.1 Å². The predicted octanol–water partition coefficient (Wildman–Crippen LogP) is 3.21. The lowest BCUT2D eigenvalue weighted by Gasteiger charge is -2.22. The number of amides is 1. The summed E-state index contributed by atoms with van der Waals surface area (Å²) in [5.41, 5.74) is 0.542. The van der Waals surface area contributed by atoms with E-state index in [1.807, 2.05) is 6.92 Å². The number of halogens is 2. The fourth-order valence-electron chi connectivity index (χ4n) is 2.29. The highest BCUT2D eigenvalue weighted by atomic mass is 79.9. The lowest BCUT2D eigenvalue weighted by Crippen LogP contribution is -2.34. The minimum absolute atomic E-state index is 0.0281. The van der Waals surface area contributed by atoms with Gasteiger partial charge in [0.05, 0.1) is 22.9 Å². The summed E-state index contributed by atoms with van der Waals surface area (Å²) < 4.78 is 11.9. The molecule has 0 saturated carbocycles. The van der Waals surface area contributed by atoms with Crippen LogP contribution in [-0.2, 0) is 9.53 Å². The zero-order valence-corrected chi connectivity index (χ0v) is 14.8. The van der Waals surface area contributed by atoms with Crippen molar-refractivity contribution < 1.29 is 14.3 Å². The summed E-state index contributed by atoms with van der Waals surface area (Å²) in [6, 6.07) is 3.40. The van der Waals surface area contributed by atoms with Crippen molar-refractivity contribution in [2.24, 2.45) is 0 Å². The predicted molar refractivity (Wildman–Crippen MR) is 90.8 cm³/mol. The molecule has 2 rings (SSSR count). The molecule has 1 aromatic carbocycles. The molecule has 0 atom stereocenters. The number of nitrogens with one attached hydrogen (secondary N) is 2. The van der Waals surface area contributed by atoms with E-state index in [2.05, 4.69) is 26.6 Å². The maximum absolute atomic E-state index is 12.1. The lowest BCUT2D eigenvalue weighted by molar-refractivity contribution is -0.123. The molecule has 7 heteroatoms. The molecule has 22 heavy (non-hydrogen) atoms. The molecule has 1 aliphatic rings. The average Bonchev–Trinajstić information content (AvgIpc) is 2.50. The van der Waals surface area contributed by atoms with Crippen molar-refractivity contribution in [3.63, 3.8) is 0 Å². The Morgan fingerprint density at radius 2 is 2.18 bits per heavy atom. The quantitative estimate of drug-likeness (QED) is 0.782. The molecule has 5 nitrogen and oxygen atoms in total. The first kappa shape index (κ1) is 17.5. The first-order valence-corrected chi connectivity index (χ1v) is 8.51. The highest BCUT2D eigenvalue weighted by Crippen LogP contribution is 2.36. The highest BCUT2D eigenvalue weighted by molar-refractivity contribution is 9.10. The van der Waals surface area contributed by atoms with E-state index in [1.165, 1.54) is 0 Å². The normalized spacial score (nSPS) is 15.6. The molecule has 122 valence electrons. The number of ether oxygens (including phenoxy) is 2. The van der Waals surface area contributed by atoms with Gasteiger partial charge >= 0.3 is 0 Å². The summed E-state index contributed by atoms with van der Waals surface area (Å²) in [6.45, 7) is 4.27. The fourth-order valence-corrected chi connectivity index (χ4v) is 3.21. The first-order chi connectivity index (χ1) is 10.6. The zero-order valence-electron chi connectivity index (χ0n) is 12.5. The molecule has 1 saturated heterocycles. The van der Waals surface area contributed by atoms with E-state index >= 15 is 0 Å². The molecule has 0 aromatic heterocycles. The summed E-state index contributed by atoms with van der Waals surface area (Å²) in [5, 5.41) is 6.58. The SMILES string of the molecule is CCOc1c(Br)cc(Cl)cc1NC(=O)COC1CCNCC1. The van der Waals surface area contributed by atoms with E-state index in [9.17, 15) is 4.79 Å². The smallest absolute Gasteiger partial charge is 0.250 e. The second kappa shape index (κ2) is 8.72. The molecule has 1 amide bonds. The molecule has 1 aromatic rings. The molecular weight excluding hydrogens is 372 g/mol. The van der Waals surface area contributed by atoms with E-state index in [0.29, 0.717) is 27.5 Å². The number of hydrogen-bond donors (Lipinski definition) is 2. The van der Waals surface area contributed by atoms with Gasteiger partial charge in [-0.15, -0.1) is 0 Å². The standard InChI is InChI=1S/C15H20BrClN2O3/c1-2-21-15-12(16)7-10(17)8-13(15)19-14(20)9-22-11-3-5-18-6-4-11/h7-8,11,18H,2-6,9H2,1H3,(H,19,20). The van der Waals surface area contributed by atoms with Crippen LogP contribution in [0.3, 0.4) is 0 Å². The average molecular weight is 392 g/mol. The summed E-state index contributed by atoms with van der Waals surface area (Å²) in [7, 11) is 0. The van der Waals surface area contributed by atoms with Gasteiger partial charge in [-0.3, -0.25) is 4.79 Å². The summed E-state index contributed by atoms with van der Waals surface area (Å²) in [5.74, 6) is 0.357. The number of carbonyl (C=O) groups is 1. The van der Waals surface area contributed by atoms with Crippen molar-refractivity contribution in [3.05, 3.63) is 21.6 Å². The number of piperidine rings is 1. The van der Waals surface area contributed by atoms with Crippen molar-refractivity contribution in [3.8, 4) is 5.75 Å². The van der Waals surface area contributed by atoms with Crippen LogP contribution < -0.4 is 15.4 Å². The summed E-state index contributed by atoms with van der Waals surface area (Å²) >= 11 is 9.42. The van der Waals surface area contributed by atoms with Gasteiger partial charge in [0.15, 0.2) is 5.75 Å². The van der Waals surface area contributed by atoms with Crippen LogP contribution in [0.2, 0.25) is 5.02 Å². The molecule has 0 radical (unpaired) electrons. The third kappa shape index (κ3) is 5.12. The van der Waals surface area contributed by atoms with Gasteiger partial charge in [-0.05, 0) is 60.9 Å². The number of hydrogen-bond acceptors (Lipinski definition) is 4. The van der Waals surface area contributed by atoms with Crippen molar-refractivity contribution >= 4 is 39.1 Å². The van der Waals surface area contributed by atoms with Crippen molar-refractivity contribution in [2.75, 3.05) is 31.6 Å². The topological polar surface area (TPSA) is 59.6 Å². The van der Waals surface area contributed by atoms with Crippen LogP contribution in [0.4, 0.5) is 5.69 Å². The number of anilines is 1. The first-order valence-electron chi connectivity index (χ1n) is 7.34. The van der Waals surface area contributed by atoms with Gasteiger partial charge in [0.25, 0.3) is 0 Å². The largest absolute Gasteiger partial charge is 0.491 e. The van der Waals surface area contributed by atoms with Crippen LogP contribution in [0.5, 0.6) is 5.75 Å². The highest BCUT2D eigenvalue weighted by Gasteiger charge is 2.17. The molecule has 0 unspecified atom stereocenters. The third-order valence-electron chi connectivity index (χ3n) is 3.31. The van der Waals surface area contributed by atoms with Gasteiger partial charge in [0.1, 0.15) is 6.61 Å². The van der Waals surface area contributed by atoms with E-state index in [0.717, 1.165) is 25.9 Å². The molecule has 1 heterocycles. The Bertz CT molecular complexity index is 522. The van der Waals surface area contributed by atoms with Crippen molar-refractivity contribution in [1.29, 1.82) is 0 Å². The van der Waals surface area contributed by atoms with Crippen LogP contribution in [0.15, 0.2) is 16.6 Å². The van der Waals surface area contributed by atoms with E-state index in [-0.39, 0.29) is 18.6 Å². The Hall–Kier alpha value is -0.820. The Kier molecular flexibility index (Phi) is 6.95. The van der Waals surface area contributed by atoms with Gasteiger partial charge in [-0.25, -0.2) is 0 Å². The van der Waals surface area contributed by atoms with Crippen LogP contribution >= 0.6 is 27.5 Å². The molecule has 0 aliphatic carbocycles. The summed E-state index contributed by atoms with van der Waals surface area (Å²) in [4.78, 5) is 12.1. The number of benzene rings is 1. The second-order valence-electron chi connectivity index (χ2n) is 5.01. The van der Waals surface area contributed by atoms with Gasteiger partial charge in [0.2, 0.25) is 5.91 Å². The Labute approximate surface area is 143 Å². The van der Waals surface area contributed by atoms with Gasteiger partial charge in [-0.1, -0.05) is 11.6 Å². The zero-order chi connectivity index (χ0) is 15.9. The van der Waals surface area contributed by atoms with E-state index in [1.54, 1.807) is 12.1 Å². The molecule has 0 bridgehead atoms. The minimum Gasteiger partial charge on any atom is -0.491 e. The minimum atomic E-state index is -0.214. The van der Waals surface area contributed by atoms with Crippen molar-refractivity contribution in [2.45, 2.75) is 25.9 Å². The second-order valence-corrected chi connectivity index (χ2v) is 6.30. The summed E-state index contributed by atoms with van der Waals surface area (Å²) in [6.07, 6.45) is 2.00. The Morgan fingerprint density at radius 1 is 1.45 bits per heavy atom. The van der Waals surface area contributed by atoms with Gasteiger partial charge in [-0.2, -0.15) is 0 Å². The van der Waals surface area contributed by atoms with Gasteiger partial charge < -0.3 is 20.1 Å². The van der Waals surface area contributed by atoms with Crippen LogP contribution in [0, 0.1) is 0 Å². The maximum Gasteiger partial charge on any atom is 0.250 e. The maximum atomic E-state index is 12.1. The number of rotatable bonds is 6. The molecule has 2 N–H and O–H groups in total.